The minimum atomic E-state index is -1.12. The fourth-order valence-corrected chi connectivity index (χ4v) is 6.40. The number of pyridine rings is 1. The lowest BCUT2D eigenvalue weighted by Gasteiger charge is -2.40. The van der Waals surface area contributed by atoms with Crippen molar-refractivity contribution in [3.63, 3.8) is 0 Å². The zero-order valence-corrected chi connectivity index (χ0v) is 30.5. The molecule has 51 heavy (non-hydrogen) atoms. The number of halogens is 2. The van der Waals surface area contributed by atoms with E-state index in [0.717, 1.165) is 42.3 Å². The molecule has 0 aliphatic heterocycles. The van der Waals surface area contributed by atoms with E-state index in [0.29, 0.717) is 40.6 Å². The van der Waals surface area contributed by atoms with Crippen molar-refractivity contribution in [3.8, 4) is 16.9 Å². The highest BCUT2D eigenvalue weighted by Crippen LogP contribution is 2.46. The molecule has 1 amide bonds. The summed E-state index contributed by atoms with van der Waals surface area (Å²) in [5.41, 5.74) is 2.85. The molecule has 0 spiro atoms. The Bertz CT molecular complexity index is 1950. The van der Waals surface area contributed by atoms with Gasteiger partial charge in [-0.1, -0.05) is 6.07 Å². The summed E-state index contributed by atoms with van der Waals surface area (Å²) < 4.78 is 56.8. The predicted octanol–water partition coefficient (Wildman–Crippen LogP) is 6.36. The maximum atomic E-state index is 15.6. The van der Waals surface area contributed by atoms with Crippen LogP contribution < -0.4 is 10.3 Å². The second-order valence-corrected chi connectivity index (χ2v) is 13.9. The Morgan fingerprint density at radius 2 is 1.88 bits per heavy atom. The van der Waals surface area contributed by atoms with Crippen molar-refractivity contribution in [3.05, 3.63) is 80.9 Å². The van der Waals surface area contributed by atoms with Crippen LogP contribution >= 0.6 is 0 Å². The number of carbonyl (C=O) groups is 1. The van der Waals surface area contributed by atoms with Crippen molar-refractivity contribution in [2.75, 3.05) is 33.7 Å². The van der Waals surface area contributed by atoms with Crippen molar-refractivity contribution in [2.45, 2.75) is 84.6 Å². The molecular formula is C38H48F2N4O7. The Morgan fingerprint density at radius 1 is 1.14 bits per heavy atom. The van der Waals surface area contributed by atoms with Gasteiger partial charge in [0.15, 0.2) is 11.6 Å². The average Bonchev–Trinajstić information content (AvgIpc) is 3.33. The quantitative estimate of drug-likeness (QED) is 0.119. The first-order valence-corrected chi connectivity index (χ1v) is 17.3. The van der Waals surface area contributed by atoms with E-state index < -0.39 is 28.9 Å². The first-order valence-electron chi connectivity index (χ1n) is 17.3. The second kappa shape index (κ2) is 15.5. The zero-order chi connectivity index (χ0) is 37.1. The summed E-state index contributed by atoms with van der Waals surface area (Å²) in [6, 6.07) is 9.04. The summed E-state index contributed by atoms with van der Waals surface area (Å²) >= 11 is 0. The highest BCUT2D eigenvalue weighted by atomic mass is 19.2. The molecule has 0 saturated heterocycles. The number of rotatable bonds is 14. The van der Waals surface area contributed by atoms with Gasteiger partial charge >= 0.3 is 6.09 Å². The number of aliphatic hydroxyl groups is 1. The van der Waals surface area contributed by atoms with E-state index in [4.69, 9.17) is 24.0 Å². The van der Waals surface area contributed by atoms with Gasteiger partial charge in [0.1, 0.15) is 18.0 Å². The Morgan fingerprint density at radius 3 is 2.53 bits per heavy atom. The zero-order valence-electron chi connectivity index (χ0n) is 30.5. The van der Waals surface area contributed by atoms with Crippen LogP contribution in [-0.4, -0.2) is 69.7 Å². The summed E-state index contributed by atoms with van der Waals surface area (Å²) in [6.45, 7) is 9.67. The van der Waals surface area contributed by atoms with E-state index in [1.165, 1.54) is 21.6 Å². The van der Waals surface area contributed by atoms with E-state index in [-0.39, 0.29) is 44.4 Å². The van der Waals surface area contributed by atoms with Gasteiger partial charge in [-0.15, -0.1) is 0 Å². The summed E-state index contributed by atoms with van der Waals surface area (Å²) in [6.07, 6.45) is 2.40. The Hall–Kier alpha value is -4.33. The van der Waals surface area contributed by atoms with Crippen molar-refractivity contribution >= 4 is 17.0 Å². The van der Waals surface area contributed by atoms with Gasteiger partial charge in [-0.05, 0) is 89.3 Å². The van der Waals surface area contributed by atoms with Crippen LogP contribution in [0.4, 0.5) is 13.6 Å². The van der Waals surface area contributed by atoms with Gasteiger partial charge in [0.25, 0.3) is 5.56 Å². The molecule has 2 aromatic heterocycles. The third kappa shape index (κ3) is 8.10. The number of hydrogen-bond donors (Lipinski definition) is 1. The molecule has 0 bridgehead atoms. The van der Waals surface area contributed by atoms with Gasteiger partial charge in [0.05, 0.1) is 24.4 Å². The number of benzene rings is 2. The molecular weight excluding hydrogens is 662 g/mol. The number of nitrogens with zero attached hydrogens (tertiary/aromatic N) is 4. The summed E-state index contributed by atoms with van der Waals surface area (Å²) in [7, 11) is 3.43. The number of aromatic nitrogens is 3. The van der Waals surface area contributed by atoms with E-state index in [1.807, 2.05) is 20.9 Å². The van der Waals surface area contributed by atoms with E-state index in [9.17, 15) is 19.1 Å². The molecule has 4 aromatic rings. The fraction of sp³-hybridized carbons (Fsp3) is 0.500. The third-order valence-corrected chi connectivity index (χ3v) is 9.27. The number of fused-ring (bicyclic) bond motifs is 1. The maximum absolute atomic E-state index is 15.6. The smallest absolute Gasteiger partial charge is 0.410 e. The van der Waals surface area contributed by atoms with Gasteiger partial charge in [-0.3, -0.25) is 9.48 Å². The number of aryl methyl sites for hydroxylation is 1. The molecule has 1 aliphatic carbocycles. The molecule has 13 heteroatoms. The highest BCUT2D eigenvalue weighted by Gasteiger charge is 2.44. The second-order valence-electron chi connectivity index (χ2n) is 13.9. The van der Waals surface area contributed by atoms with Crippen LogP contribution in [0.5, 0.6) is 5.75 Å². The number of carbonyl (C=O) groups excluding carboxylic acids is 1. The molecule has 1 fully saturated rings. The van der Waals surface area contributed by atoms with Crippen LogP contribution in [0, 0.1) is 18.6 Å². The lowest BCUT2D eigenvalue weighted by Crippen LogP contribution is -2.39. The van der Waals surface area contributed by atoms with Gasteiger partial charge in [-0.25, -0.2) is 9.18 Å². The Kier molecular flexibility index (Phi) is 11.5. The van der Waals surface area contributed by atoms with Crippen LogP contribution in [-0.2, 0) is 46.4 Å². The lowest BCUT2D eigenvalue weighted by molar-refractivity contribution is -0.180. The molecule has 0 unspecified atom stereocenters. The largest absolute Gasteiger partial charge is 0.489 e. The molecule has 0 radical (unpaired) electrons. The normalized spacial score (nSPS) is 14.1. The Balaban J connectivity index is 1.49. The highest BCUT2D eigenvalue weighted by molar-refractivity contribution is 5.89. The first kappa shape index (κ1) is 37.9. The molecule has 0 atom stereocenters. The summed E-state index contributed by atoms with van der Waals surface area (Å²) in [5.74, 6) is -2.43. The van der Waals surface area contributed by atoms with Crippen LogP contribution in [0.25, 0.3) is 22.0 Å². The first-order chi connectivity index (χ1) is 24.2. The maximum Gasteiger partial charge on any atom is 0.410 e. The monoisotopic (exact) mass is 710 g/mol. The lowest BCUT2D eigenvalue weighted by atomic mass is 9.75. The van der Waals surface area contributed by atoms with Crippen molar-refractivity contribution in [1.29, 1.82) is 0 Å². The van der Waals surface area contributed by atoms with E-state index in [2.05, 4.69) is 0 Å². The summed E-state index contributed by atoms with van der Waals surface area (Å²) in [5, 5.41) is 15.1. The van der Waals surface area contributed by atoms with Crippen molar-refractivity contribution in [1.82, 2.24) is 19.2 Å². The third-order valence-electron chi connectivity index (χ3n) is 9.27. The molecule has 5 rings (SSSR count). The van der Waals surface area contributed by atoms with Crippen LogP contribution in [0.2, 0.25) is 0 Å². The van der Waals surface area contributed by atoms with Gasteiger partial charge in [-0.2, -0.15) is 9.49 Å². The minimum Gasteiger partial charge on any atom is -0.489 e. The SMILES string of the molecule is CCOCOC1(c2nn(C)c(C)c2CCOc2c(-c3ccc4c(c3)c(CN(C)C(=O)OC(C)(C)C)cc(=O)n4CCO)ccc(F)c2F)CCC1. The molecule has 276 valence electrons. The standard InChI is InChI=1S/C38H48F2N4O7/c1-8-48-23-50-38(15-9-16-38)35-27(24(2)43(7)41-35)14-19-49-34-28(11-12-30(39)33(34)40)25-10-13-31-29(20-25)26(21-32(46)44(31)17-18-45)22-42(6)36(47)51-37(3,4)5/h10-13,20-21,45H,8-9,14-19,22-23H2,1-7H3. The van der Waals surface area contributed by atoms with Gasteiger partial charge < -0.3 is 33.5 Å². The number of aliphatic hydroxyl groups excluding tert-OH is 1. The van der Waals surface area contributed by atoms with Gasteiger partial charge in [0, 0.05) is 68.5 Å². The molecule has 2 heterocycles. The molecule has 1 saturated carbocycles. The number of ether oxygens (including phenoxy) is 4. The van der Waals surface area contributed by atoms with Crippen molar-refractivity contribution in [2.24, 2.45) is 7.05 Å². The fourth-order valence-electron chi connectivity index (χ4n) is 6.40. The Labute approximate surface area is 296 Å². The van der Waals surface area contributed by atoms with Crippen LogP contribution in [0.15, 0.2) is 41.2 Å². The van der Waals surface area contributed by atoms with Crippen LogP contribution in [0.1, 0.15) is 69.5 Å². The number of amides is 1. The molecule has 11 nitrogen and oxygen atoms in total. The van der Waals surface area contributed by atoms with E-state index in [1.54, 1.807) is 50.7 Å². The predicted molar refractivity (Wildman–Crippen MR) is 189 cm³/mol. The van der Waals surface area contributed by atoms with E-state index >= 15 is 4.39 Å². The van der Waals surface area contributed by atoms with Gasteiger partial charge in [0.2, 0.25) is 5.82 Å². The minimum absolute atomic E-state index is 0.0317. The molecule has 1 N–H and O–H groups in total. The average molecular weight is 711 g/mol. The summed E-state index contributed by atoms with van der Waals surface area (Å²) in [4.78, 5) is 27.3. The molecule has 1 aliphatic rings. The number of hydrogen-bond acceptors (Lipinski definition) is 8. The topological polar surface area (TPSA) is 117 Å². The van der Waals surface area contributed by atoms with Crippen molar-refractivity contribution < 1.29 is 37.6 Å². The van der Waals surface area contributed by atoms with Crippen LogP contribution in [0.3, 0.4) is 0 Å². The molecule has 2 aromatic carbocycles.